The first-order valence-corrected chi connectivity index (χ1v) is 6.93. The van der Waals surface area contributed by atoms with Crippen molar-refractivity contribution in [3.63, 3.8) is 0 Å². The lowest BCUT2D eigenvalue weighted by Crippen LogP contribution is -2.28. The molecule has 1 rings (SSSR count). The molecule has 0 saturated heterocycles. The van der Waals surface area contributed by atoms with Gasteiger partial charge in [0.2, 0.25) is 0 Å². The van der Waals surface area contributed by atoms with Crippen LogP contribution in [0.5, 0.6) is 0 Å². The minimum atomic E-state index is -2.21. The molecule has 1 atom stereocenters. The fraction of sp³-hybridized carbons (Fsp3) is 0.308. The Hall–Kier alpha value is -1.66. The predicted molar refractivity (Wildman–Crippen MR) is 75.3 cm³/mol. The predicted octanol–water partition coefficient (Wildman–Crippen LogP) is 2.38. The summed E-state index contributed by atoms with van der Waals surface area (Å²) in [7, 11) is 0. The monoisotopic (exact) mass is 283 g/mol. The van der Waals surface area contributed by atoms with Crippen molar-refractivity contribution in [1.82, 2.24) is 0 Å². The molecule has 0 aromatic heterocycles. The van der Waals surface area contributed by atoms with E-state index in [1.165, 1.54) is 4.31 Å². The number of benzene rings is 1. The molecule has 5 nitrogen and oxygen atoms in total. The normalized spacial score (nSPS) is 11.7. The number of ether oxygens (including phenoxy) is 1. The molecular formula is C13H17NO4S. The molecule has 1 unspecified atom stereocenters. The Morgan fingerprint density at radius 3 is 2.79 bits per heavy atom. The molecule has 0 radical (unpaired) electrons. The Morgan fingerprint density at radius 2 is 2.21 bits per heavy atom. The Morgan fingerprint density at radius 1 is 1.53 bits per heavy atom. The lowest BCUT2D eigenvalue weighted by molar-refractivity contribution is 0.0527. The van der Waals surface area contributed by atoms with Crippen molar-refractivity contribution >= 4 is 22.9 Å². The molecule has 0 fully saturated rings. The number of carbonyl (C=O) groups is 1. The molecule has 104 valence electrons. The van der Waals surface area contributed by atoms with Crippen molar-refractivity contribution in [1.29, 1.82) is 0 Å². The molecule has 1 aromatic carbocycles. The van der Waals surface area contributed by atoms with Gasteiger partial charge in [0.15, 0.2) is 0 Å². The topological polar surface area (TPSA) is 66.8 Å². The molecule has 0 aliphatic carbocycles. The van der Waals surface area contributed by atoms with E-state index in [4.69, 9.17) is 4.74 Å². The summed E-state index contributed by atoms with van der Waals surface area (Å²) in [5.41, 5.74) is 0.652. The van der Waals surface area contributed by atoms with Crippen molar-refractivity contribution in [2.75, 3.05) is 17.5 Å². The maximum atomic E-state index is 11.8. The van der Waals surface area contributed by atoms with Crippen LogP contribution in [-0.4, -0.2) is 27.9 Å². The second-order valence-corrected chi connectivity index (χ2v) is 4.55. The molecule has 0 aliphatic heterocycles. The zero-order valence-electron chi connectivity index (χ0n) is 10.7. The van der Waals surface area contributed by atoms with Crippen LogP contribution in [0.4, 0.5) is 5.69 Å². The minimum Gasteiger partial charge on any atom is -0.462 e. The summed E-state index contributed by atoms with van der Waals surface area (Å²) < 4.78 is 26.9. The van der Waals surface area contributed by atoms with E-state index < -0.39 is 17.2 Å². The zero-order chi connectivity index (χ0) is 14.3. The molecule has 6 heteroatoms. The average molecular weight is 283 g/mol. The van der Waals surface area contributed by atoms with Gasteiger partial charge in [0, 0.05) is 6.54 Å². The zero-order valence-corrected chi connectivity index (χ0v) is 11.6. The van der Waals surface area contributed by atoms with E-state index in [9.17, 15) is 13.6 Å². The van der Waals surface area contributed by atoms with Crippen LogP contribution in [0.15, 0.2) is 36.9 Å². The smallest absolute Gasteiger partial charge is 0.340 e. The van der Waals surface area contributed by atoms with Gasteiger partial charge in [-0.15, -0.1) is 6.58 Å². The third-order valence-electron chi connectivity index (χ3n) is 2.39. The van der Waals surface area contributed by atoms with Crippen LogP contribution in [0.2, 0.25) is 0 Å². The van der Waals surface area contributed by atoms with E-state index in [1.807, 2.05) is 0 Å². The number of rotatable bonds is 7. The van der Waals surface area contributed by atoms with Crippen molar-refractivity contribution in [3.8, 4) is 0 Å². The van der Waals surface area contributed by atoms with E-state index in [0.29, 0.717) is 18.7 Å². The highest BCUT2D eigenvalue weighted by molar-refractivity contribution is 7.80. The molecule has 0 saturated carbocycles. The lowest BCUT2D eigenvalue weighted by Gasteiger charge is -2.21. The van der Waals surface area contributed by atoms with Gasteiger partial charge in [-0.3, -0.25) is 8.86 Å². The van der Waals surface area contributed by atoms with Gasteiger partial charge in [-0.1, -0.05) is 18.2 Å². The summed E-state index contributed by atoms with van der Waals surface area (Å²) in [5.74, 6) is -0.507. The highest BCUT2D eigenvalue weighted by Gasteiger charge is 2.19. The van der Waals surface area contributed by atoms with Crippen molar-refractivity contribution in [2.45, 2.75) is 13.3 Å². The third kappa shape index (κ3) is 4.18. The standard InChI is InChI=1S/C13H17NO4S/c1-3-5-10-14(19(16)17)12-9-7-6-8-11(12)13(15)18-4-2/h3,6-9H,1,4-5,10H2,2H3,(H,16,17). The van der Waals surface area contributed by atoms with Gasteiger partial charge in [0.05, 0.1) is 17.9 Å². The van der Waals surface area contributed by atoms with Crippen molar-refractivity contribution < 1.29 is 18.3 Å². The van der Waals surface area contributed by atoms with Gasteiger partial charge >= 0.3 is 5.97 Å². The maximum Gasteiger partial charge on any atom is 0.340 e. The highest BCUT2D eigenvalue weighted by Crippen LogP contribution is 2.22. The Labute approximate surface area is 115 Å². The average Bonchev–Trinajstić information content (AvgIpc) is 2.39. The van der Waals surface area contributed by atoms with Gasteiger partial charge < -0.3 is 4.74 Å². The number of para-hydroxylation sites is 1. The molecule has 1 aromatic rings. The van der Waals surface area contributed by atoms with Crippen LogP contribution in [0, 0.1) is 0 Å². The molecular weight excluding hydrogens is 266 g/mol. The fourth-order valence-corrected chi connectivity index (χ4v) is 2.15. The fourth-order valence-electron chi connectivity index (χ4n) is 1.56. The van der Waals surface area contributed by atoms with E-state index in [0.717, 1.165) is 0 Å². The lowest BCUT2D eigenvalue weighted by atomic mass is 10.1. The third-order valence-corrected chi connectivity index (χ3v) is 3.15. The summed E-state index contributed by atoms with van der Waals surface area (Å²) >= 11 is -2.21. The van der Waals surface area contributed by atoms with Gasteiger partial charge in [0.1, 0.15) is 0 Å². The SMILES string of the molecule is C=CCCN(c1ccccc1C(=O)OCC)S(=O)O. The number of carbonyl (C=O) groups excluding carboxylic acids is 1. The van der Waals surface area contributed by atoms with Crippen LogP contribution < -0.4 is 4.31 Å². The Bertz CT molecular complexity index is 475. The van der Waals surface area contributed by atoms with Gasteiger partial charge in [-0.25, -0.2) is 9.00 Å². The number of nitrogens with zero attached hydrogens (tertiary/aromatic N) is 1. The van der Waals surface area contributed by atoms with Crippen molar-refractivity contribution in [2.24, 2.45) is 0 Å². The molecule has 0 amide bonds. The summed E-state index contributed by atoms with van der Waals surface area (Å²) in [4.78, 5) is 11.8. The molecule has 19 heavy (non-hydrogen) atoms. The Kier molecular flexibility index (Phi) is 6.24. The van der Waals surface area contributed by atoms with Crippen LogP contribution in [0.1, 0.15) is 23.7 Å². The van der Waals surface area contributed by atoms with Gasteiger partial charge in [-0.05, 0) is 25.5 Å². The van der Waals surface area contributed by atoms with Crippen LogP contribution in [0.25, 0.3) is 0 Å². The van der Waals surface area contributed by atoms with E-state index >= 15 is 0 Å². The second-order valence-electron chi connectivity index (χ2n) is 3.65. The molecule has 0 aliphatic rings. The largest absolute Gasteiger partial charge is 0.462 e. The molecule has 0 bridgehead atoms. The van der Waals surface area contributed by atoms with E-state index in [1.54, 1.807) is 37.3 Å². The first-order valence-electron chi connectivity index (χ1n) is 5.87. The van der Waals surface area contributed by atoms with Gasteiger partial charge in [0.25, 0.3) is 11.3 Å². The first-order chi connectivity index (χ1) is 9.11. The van der Waals surface area contributed by atoms with Crippen LogP contribution >= 0.6 is 0 Å². The van der Waals surface area contributed by atoms with E-state index in [-0.39, 0.29) is 12.2 Å². The van der Waals surface area contributed by atoms with E-state index in [2.05, 4.69) is 6.58 Å². The second kappa shape index (κ2) is 7.70. The number of esters is 1. The number of hydrogen-bond donors (Lipinski definition) is 1. The summed E-state index contributed by atoms with van der Waals surface area (Å²) in [6.45, 7) is 5.83. The van der Waals surface area contributed by atoms with Crippen molar-refractivity contribution in [3.05, 3.63) is 42.5 Å². The molecule has 0 spiro atoms. The Balaban J connectivity index is 3.11. The van der Waals surface area contributed by atoms with Crippen LogP contribution in [-0.2, 0) is 16.0 Å². The van der Waals surface area contributed by atoms with Gasteiger partial charge in [-0.2, -0.15) is 0 Å². The molecule has 0 heterocycles. The first kappa shape index (κ1) is 15.4. The quantitative estimate of drug-likeness (QED) is 0.474. The summed E-state index contributed by atoms with van der Waals surface area (Å²) in [5, 5.41) is 0. The minimum absolute atomic E-state index is 0.252. The van der Waals surface area contributed by atoms with Crippen LogP contribution in [0.3, 0.4) is 0 Å². The summed E-state index contributed by atoms with van der Waals surface area (Å²) in [6, 6.07) is 6.57. The maximum absolute atomic E-state index is 11.8. The molecule has 1 N–H and O–H groups in total. The summed E-state index contributed by atoms with van der Waals surface area (Å²) in [6.07, 6.45) is 2.18. The highest BCUT2D eigenvalue weighted by atomic mass is 32.2. The number of anilines is 1. The number of hydrogen-bond acceptors (Lipinski definition) is 3.